The number of aliphatic hydroxyl groups is 1. The number of aliphatic hydroxyl groups excluding tert-OH is 1. The number of hydrogen-bond donors (Lipinski definition) is 3. The van der Waals surface area contributed by atoms with E-state index in [4.69, 9.17) is 5.11 Å². The first-order valence-corrected chi connectivity index (χ1v) is 7.56. The fraction of sp³-hybridized carbons (Fsp3) is 0.222. The number of hydrogen-bond acceptors (Lipinski definition) is 4. The zero-order valence-corrected chi connectivity index (χ0v) is 13.4. The molecule has 0 saturated heterocycles. The lowest BCUT2D eigenvalue weighted by atomic mass is 10.2. The van der Waals surface area contributed by atoms with Crippen molar-refractivity contribution in [3.63, 3.8) is 0 Å². The standard InChI is InChI=1S/C18H20N2O4/c1-13-7-8-16(22)15(11-13)19-17(23)18(24)20(9-10-21)12-14-5-3-2-4-6-14/h2-8,11,21-22H,9-10,12H2,1H3,(H,19,23). The second-order valence-electron chi connectivity index (χ2n) is 5.41. The first-order valence-electron chi connectivity index (χ1n) is 7.56. The van der Waals surface area contributed by atoms with Gasteiger partial charge in [-0.15, -0.1) is 0 Å². The van der Waals surface area contributed by atoms with Crippen molar-refractivity contribution in [2.75, 3.05) is 18.5 Å². The van der Waals surface area contributed by atoms with Crippen LogP contribution in [0.25, 0.3) is 0 Å². The van der Waals surface area contributed by atoms with E-state index >= 15 is 0 Å². The van der Waals surface area contributed by atoms with Gasteiger partial charge in [-0.1, -0.05) is 36.4 Å². The molecule has 3 N–H and O–H groups in total. The summed E-state index contributed by atoms with van der Waals surface area (Å²) in [6.07, 6.45) is 0. The molecular formula is C18H20N2O4. The molecule has 0 saturated carbocycles. The molecule has 6 nitrogen and oxygen atoms in total. The molecule has 126 valence electrons. The van der Waals surface area contributed by atoms with Crippen molar-refractivity contribution in [1.82, 2.24) is 4.90 Å². The molecule has 0 aliphatic rings. The summed E-state index contributed by atoms with van der Waals surface area (Å²) in [5, 5.41) is 21.3. The van der Waals surface area contributed by atoms with Crippen LogP contribution in [-0.4, -0.2) is 40.1 Å². The summed E-state index contributed by atoms with van der Waals surface area (Å²) in [5.74, 6) is -1.74. The van der Waals surface area contributed by atoms with Gasteiger partial charge >= 0.3 is 11.8 Å². The normalized spacial score (nSPS) is 10.2. The zero-order chi connectivity index (χ0) is 17.5. The van der Waals surface area contributed by atoms with Gasteiger partial charge in [0.15, 0.2) is 0 Å². The molecule has 0 bridgehead atoms. The Morgan fingerprint density at radius 2 is 1.83 bits per heavy atom. The van der Waals surface area contributed by atoms with Gasteiger partial charge < -0.3 is 20.4 Å². The number of nitrogens with zero attached hydrogens (tertiary/aromatic N) is 1. The molecule has 2 aromatic carbocycles. The van der Waals surface area contributed by atoms with Gasteiger partial charge in [-0.3, -0.25) is 9.59 Å². The van der Waals surface area contributed by atoms with Gasteiger partial charge in [0.1, 0.15) is 5.75 Å². The van der Waals surface area contributed by atoms with E-state index in [1.165, 1.54) is 11.0 Å². The van der Waals surface area contributed by atoms with Gasteiger partial charge in [-0.05, 0) is 30.2 Å². The number of rotatable bonds is 5. The van der Waals surface area contributed by atoms with Crippen molar-refractivity contribution in [3.05, 3.63) is 59.7 Å². The van der Waals surface area contributed by atoms with Crippen molar-refractivity contribution in [2.45, 2.75) is 13.5 Å². The van der Waals surface area contributed by atoms with E-state index in [2.05, 4.69) is 5.32 Å². The van der Waals surface area contributed by atoms with Crippen LogP contribution < -0.4 is 5.32 Å². The Morgan fingerprint density at radius 1 is 1.12 bits per heavy atom. The van der Waals surface area contributed by atoms with E-state index in [1.807, 2.05) is 37.3 Å². The van der Waals surface area contributed by atoms with Crippen LogP contribution in [0.3, 0.4) is 0 Å². The van der Waals surface area contributed by atoms with E-state index in [-0.39, 0.29) is 31.1 Å². The van der Waals surface area contributed by atoms with Gasteiger partial charge in [-0.25, -0.2) is 0 Å². The topological polar surface area (TPSA) is 89.9 Å². The molecule has 0 fully saturated rings. The predicted octanol–water partition coefficient (Wildman–Crippen LogP) is 1.66. The van der Waals surface area contributed by atoms with E-state index < -0.39 is 11.8 Å². The van der Waals surface area contributed by atoms with Crippen molar-refractivity contribution >= 4 is 17.5 Å². The minimum absolute atomic E-state index is 0.0426. The van der Waals surface area contributed by atoms with Crippen LogP contribution in [0.15, 0.2) is 48.5 Å². The molecule has 2 aromatic rings. The molecule has 0 aliphatic carbocycles. The highest BCUT2D eigenvalue weighted by atomic mass is 16.3. The van der Waals surface area contributed by atoms with Gasteiger partial charge in [0, 0.05) is 13.1 Å². The Bertz CT molecular complexity index is 716. The number of carbonyl (C=O) groups is 2. The van der Waals surface area contributed by atoms with Gasteiger partial charge in [0.25, 0.3) is 0 Å². The van der Waals surface area contributed by atoms with Crippen LogP contribution in [-0.2, 0) is 16.1 Å². The SMILES string of the molecule is Cc1ccc(O)c(NC(=O)C(=O)N(CCO)Cc2ccccc2)c1. The average molecular weight is 328 g/mol. The predicted molar refractivity (Wildman–Crippen MR) is 90.4 cm³/mol. The van der Waals surface area contributed by atoms with Crippen molar-refractivity contribution in [1.29, 1.82) is 0 Å². The molecule has 24 heavy (non-hydrogen) atoms. The monoisotopic (exact) mass is 328 g/mol. The Balaban J connectivity index is 2.10. The maximum absolute atomic E-state index is 12.4. The second kappa shape index (κ2) is 8.12. The van der Waals surface area contributed by atoms with Gasteiger partial charge in [0.05, 0.1) is 12.3 Å². The minimum atomic E-state index is -0.861. The lowest BCUT2D eigenvalue weighted by Crippen LogP contribution is -2.40. The summed E-state index contributed by atoms with van der Waals surface area (Å²) >= 11 is 0. The summed E-state index contributed by atoms with van der Waals surface area (Å²) in [7, 11) is 0. The molecular weight excluding hydrogens is 308 g/mol. The molecule has 0 radical (unpaired) electrons. The molecule has 0 heterocycles. The van der Waals surface area contributed by atoms with Crippen LogP contribution in [0.5, 0.6) is 5.75 Å². The highest BCUT2D eigenvalue weighted by Gasteiger charge is 2.22. The van der Waals surface area contributed by atoms with Crippen LogP contribution in [0.4, 0.5) is 5.69 Å². The first kappa shape index (κ1) is 17.5. The van der Waals surface area contributed by atoms with E-state index in [9.17, 15) is 14.7 Å². The van der Waals surface area contributed by atoms with Crippen molar-refractivity contribution < 1.29 is 19.8 Å². The lowest BCUT2D eigenvalue weighted by Gasteiger charge is -2.21. The van der Waals surface area contributed by atoms with Crippen LogP contribution in [0, 0.1) is 6.92 Å². The number of aromatic hydroxyl groups is 1. The van der Waals surface area contributed by atoms with Crippen molar-refractivity contribution in [3.8, 4) is 5.75 Å². The van der Waals surface area contributed by atoms with Crippen LogP contribution >= 0.6 is 0 Å². The maximum Gasteiger partial charge on any atom is 0.314 e. The van der Waals surface area contributed by atoms with Crippen LogP contribution in [0.1, 0.15) is 11.1 Å². The fourth-order valence-corrected chi connectivity index (χ4v) is 2.25. The molecule has 6 heteroatoms. The Hall–Kier alpha value is -2.86. The summed E-state index contributed by atoms with van der Waals surface area (Å²) in [6, 6.07) is 13.9. The lowest BCUT2D eigenvalue weighted by molar-refractivity contribution is -0.143. The third-order valence-corrected chi connectivity index (χ3v) is 3.47. The second-order valence-corrected chi connectivity index (χ2v) is 5.41. The Morgan fingerprint density at radius 3 is 2.50 bits per heavy atom. The minimum Gasteiger partial charge on any atom is -0.506 e. The number of benzene rings is 2. The first-order chi connectivity index (χ1) is 11.5. The summed E-state index contributed by atoms with van der Waals surface area (Å²) in [6.45, 7) is 1.82. The molecule has 0 aliphatic heterocycles. The third-order valence-electron chi connectivity index (χ3n) is 3.47. The zero-order valence-electron chi connectivity index (χ0n) is 13.4. The van der Waals surface area contributed by atoms with E-state index in [0.717, 1.165) is 11.1 Å². The number of amides is 2. The van der Waals surface area contributed by atoms with Crippen molar-refractivity contribution in [2.24, 2.45) is 0 Å². The third kappa shape index (κ3) is 4.57. The molecule has 0 atom stereocenters. The highest BCUT2D eigenvalue weighted by Crippen LogP contribution is 2.23. The van der Waals surface area contributed by atoms with Crippen LogP contribution in [0.2, 0.25) is 0 Å². The Labute approximate surface area is 140 Å². The number of carbonyl (C=O) groups excluding carboxylic acids is 2. The summed E-state index contributed by atoms with van der Waals surface area (Å²) in [5.41, 5.74) is 1.87. The number of phenolic OH excluding ortho intramolecular Hbond substituents is 1. The molecule has 0 aromatic heterocycles. The quantitative estimate of drug-likeness (QED) is 0.575. The van der Waals surface area contributed by atoms with Gasteiger partial charge in [-0.2, -0.15) is 0 Å². The highest BCUT2D eigenvalue weighted by molar-refractivity contribution is 6.39. The molecule has 0 spiro atoms. The summed E-state index contributed by atoms with van der Waals surface area (Å²) < 4.78 is 0. The molecule has 0 unspecified atom stereocenters. The summed E-state index contributed by atoms with van der Waals surface area (Å²) in [4.78, 5) is 25.8. The molecule has 2 amide bonds. The largest absolute Gasteiger partial charge is 0.506 e. The van der Waals surface area contributed by atoms with Gasteiger partial charge in [0.2, 0.25) is 0 Å². The number of phenols is 1. The van der Waals surface area contributed by atoms with E-state index in [0.29, 0.717) is 0 Å². The maximum atomic E-state index is 12.4. The number of aryl methyl sites for hydroxylation is 1. The van der Waals surface area contributed by atoms with E-state index in [1.54, 1.807) is 12.1 Å². The molecule has 2 rings (SSSR count). The Kier molecular flexibility index (Phi) is 5.92. The fourth-order valence-electron chi connectivity index (χ4n) is 2.25. The smallest absolute Gasteiger partial charge is 0.314 e. The number of anilines is 1. The number of nitrogens with one attached hydrogen (secondary N) is 1. The average Bonchev–Trinajstić information content (AvgIpc) is 2.58.